The van der Waals surface area contributed by atoms with E-state index < -0.39 is 33.9 Å². The van der Waals surface area contributed by atoms with E-state index in [1.54, 1.807) is 0 Å². The molecule has 1 fully saturated rings. The van der Waals surface area contributed by atoms with Crippen molar-refractivity contribution >= 4 is 22.1 Å². The summed E-state index contributed by atoms with van der Waals surface area (Å²) in [5, 5.41) is -5.19. The van der Waals surface area contributed by atoms with Crippen LogP contribution in [-0.2, 0) is 31.1 Å². The van der Waals surface area contributed by atoms with E-state index in [9.17, 15) is 31.3 Å². The van der Waals surface area contributed by atoms with Gasteiger partial charge < -0.3 is 14.0 Å². The van der Waals surface area contributed by atoms with E-state index in [4.69, 9.17) is 4.74 Å². The van der Waals surface area contributed by atoms with Gasteiger partial charge in [-0.25, -0.2) is 13.2 Å². The largest absolute Gasteiger partial charge is 0.743 e. The molecule has 1 aliphatic rings. The first-order valence-electron chi connectivity index (χ1n) is 7.93. The second-order valence-corrected chi connectivity index (χ2v) is 7.33. The number of rotatable bonds is 6. The molecule has 0 unspecified atom stereocenters. The highest BCUT2D eigenvalue weighted by molar-refractivity contribution is 7.87. The fraction of sp³-hybridized carbons (Fsp3) is 0.500. The van der Waals surface area contributed by atoms with Crippen LogP contribution in [0.2, 0.25) is 0 Å². The van der Waals surface area contributed by atoms with Gasteiger partial charge in [0.2, 0.25) is 0 Å². The molecule has 0 amide bonds. The summed E-state index contributed by atoms with van der Waals surface area (Å²) in [5.74, 6) is -3.18. The van der Waals surface area contributed by atoms with E-state index in [-0.39, 0.29) is 17.2 Å². The zero-order chi connectivity index (χ0) is 19.4. The second-order valence-electron chi connectivity index (χ2n) is 5.91. The molecule has 1 aliphatic carbocycles. The summed E-state index contributed by atoms with van der Waals surface area (Å²) in [6.45, 7) is -0.780. The van der Waals surface area contributed by atoms with Gasteiger partial charge in [-0.15, -0.1) is 0 Å². The van der Waals surface area contributed by atoms with E-state index in [1.807, 2.05) is 0 Å². The molecule has 1 aromatic carbocycles. The van der Waals surface area contributed by atoms with Crippen molar-refractivity contribution in [1.82, 2.24) is 0 Å². The van der Waals surface area contributed by atoms with Crippen molar-refractivity contribution in [3.8, 4) is 5.75 Å². The lowest BCUT2D eigenvalue weighted by molar-refractivity contribution is -0.162. The van der Waals surface area contributed by atoms with Crippen LogP contribution >= 0.6 is 0 Å². The van der Waals surface area contributed by atoms with Crippen LogP contribution in [-0.4, -0.2) is 30.2 Å². The smallest absolute Gasteiger partial charge is 0.428 e. The Hall–Kier alpha value is -2.07. The highest BCUT2D eigenvalue weighted by Crippen LogP contribution is 2.28. The number of para-hydroxylation sites is 1. The minimum Gasteiger partial charge on any atom is -0.743 e. The van der Waals surface area contributed by atoms with Gasteiger partial charge in [0, 0.05) is 5.56 Å². The number of hydrogen-bond donors (Lipinski definition) is 0. The van der Waals surface area contributed by atoms with Gasteiger partial charge in [0.25, 0.3) is 0 Å². The molecule has 0 heterocycles. The van der Waals surface area contributed by atoms with Gasteiger partial charge in [-0.1, -0.05) is 37.5 Å². The van der Waals surface area contributed by atoms with Crippen molar-refractivity contribution in [2.45, 2.75) is 44.0 Å². The molecule has 0 aliphatic heterocycles. The van der Waals surface area contributed by atoms with Crippen LogP contribution in [0.25, 0.3) is 0 Å². The third-order valence-corrected chi connectivity index (χ3v) is 4.83. The maximum absolute atomic E-state index is 13.1. The number of carbonyl (C=O) groups excluding carboxylic acids is 2. The molecule has 1 saturated carbocycles. The van der Waals surface area contributed by atoms with E-state index in [0.29, 0.717) is 12.8 Å². The van der Waals surface area contributed by atoms with Crippen molar-refractivity contribution in [3.05, 3.63) is 29.8 Å². The molecule has 0 aromatic heterocycles. The summed E-state index contributed by atoms with van der Waals surface area (Å²) in [6, 6.07) is 5.78. The lowest BCUT2D eigenvalue weighted by atomic mass is 9.89. The lowest BCUT2D eigenvalue weighted by Gasteiger charge is -2.21. The van der Waals surface area contributed by atoms with E-state index in [1.165, 1.54) is 24.3 Å². The predicted octanol–water partition coefficient (Wildman–Crippen LogP) is 2.35. The highest BCUT2D eigenvalue weighted by Gasteiger charge is 2.48. The first kappa shape index (κ1) is 20.2. The van der Waals surface area contributed by atoms with Crippen LogP contribution in [0.1, 0.15) is 37.7 Å². The SMILES string of the molecule is O=C(Oc1ccccc1COC(=O)C(F)(F)S(=O)(=O)[O-])C1CCCCC1. The fourth-order valence-corrected chi connectivity index (χ4v) is 2.85. The van der Waals surface area contributed by atoms with Crippen molar-refractivity contribution in [3.63, 3.8) is 0 Å². The molecule has 7 nitrogen and oxygen atoms in total. The van der Waals surface area contributed by atoms with Gasteiger partial charge in [-0.05, 0) is 18.9 Å². The first-order chi connectivity index (χ1) is 12.1. The van der Waals surface area contributed by atoms with Crippen molar-refractivity contribution in [2.24, 2.45) is 5.92 Å². The fourth-order valence-electron chi connectivity index (χ4n) is 2.58. The Bertz CT molecular complexity index is 771. The number of ether oxygens (including phenoxy) is 2. The average molecular weight is 391 g/mol. The summed E-state index contributed by atoms with van der Waals surface area (Å²) in [4.78, 5) is 23.4. The van der Waals surface area contributed by atoms with E-state index >= 15 is 0 Å². The normalized spacial score (nSPS) is 16.1. The summed E-state index contributed by atoms with van der Waals surface area (Å²) in [7, 11) is -6.19. The molecule has 10 heteroatoms. The Kier molecular flexibility index (Phi) is 6.30. The maximum atomic E-state index is 13.1. The lowest BCUT2D eigenvalue weighted by Crippen LogP contribution is -2.39. The number of carbonyl (C=O) groups is 2. The van der Waals surface area contributed by atoms with Crippen molar-refractivity contribution < 1.29 is 40.8 Å². The number of esters is 2. The van der Waals surface area contributed by atoms with Gasteiger partial charge >= 0.3 is 17.2 Å². The molecular formula is C16H17F2O7S-. The molecule has 0 spiro atoms. The van der Waals surface area contributed by atoms with Gasteiger partial charge in [0.15, 0.2) is 10.1 Å². The van der Waals surface area contributed by atoms with E-state index in [2.05, 4.69) is 4.74 Å². The first-order valence-corrected chi connectivity index (χ1v) is 9.34. The maximum Gasteiger partial charge on any atom is 0.428 e. The van der Waals surface area contributed by atoms with Crippen LogP contribution in [0.15, 0.2) is 24.3 Å². The van der Waals surface area contributed by atoms with Crippen LogP contribution in [0, 0.1) is 5.92 Å². The summed E-state index contributed by atoms with van der Waals surface area (Å²) >= 11 is 0. The minimum atomic E-state index is -6.19. The number of benzene rings is 1. The highest BCUT2D eigenvalue weighted by atomic mass is 32.2. The van der Waals surface area contributed by atoms with Crippen molar-refractivity contribution in [1.29, 1.82) is 0 Å². The molecule has 0 bridgehead atoms. The second kappa shape index (κ2) is 8.09. The third kappa shape index (κ3) is 4.76. The Morgan fingerprint density at radius 2 is 1.77 bits per heavy atom. The average Bonchev–Trinajstić information content (AvgIpc) is 2.60. The Balaban J connectivity index is 2.05. The van der Waals surface area contributed by atoms with Gasteiger partial charge in [-0.3, -0.25) is 4.79 Å². The molecule has 0 atom stereocenters. The predicted molar refractivity (Wildman–Crippen MR) is 83.1 cm³/mol. The van der Waals surface area contributed by atoms with E-state index in [0.717, 1.165) is 19.3 Å². The quantitative estimate of drug-likeness (QED) is 0.416. The van der Waals surface area contributed by atoms with Gasteiger partial charge in [-0.2, -0.15) is 8.78 Å². The number of hydrogen-bond acceptors (Lipinski definition) is 7. The van der Waals surface area contributed by atoms with Crippen LogP contribution in [0.4, 0.5) is 8.78 Å². The molecule has 2 rings (SSSR count). The topological polar surface area (TPSA) is 110 Å². The summed E-state index contributed by atoms with van der Waals surface area (Å²) in [6.07, 6.45) is 4.27. The Morgan fingerprint density at radius 3 is 2.38 bits per heavy atom. The molecule has 0 N–H and O–H groups in total. The molecular weight excluding hydrogens is 374 g/mol. The molecule has 0 radical (unpaired) electrons. The van der Waals surface area contributed by atoms with Crippen LogP contribution in [0.3, 0.4) is 0 Å². The molecule has 1 aromatic rings. The van der Waals surface area contributed by atoms with Crippen LogP contribution < -0.4 is 4.74 Å². The summed E-state index contributed by atoms with van der Waals surface area (Å²) < 4.78 is 67.0. The van der Waals surface area contributed by atoms with Gasteiger partial charge in [0.05, 0.1) is 5.92 Å². The molecule has 0 saturated heterocycles. The Morgan fingerprint density at radius 1 is 1.15 bits per heavy atom. The minimum absolute atomic E-state index is 0.0178. The Labute approximate surface area is 149 Å². The zero-order valence-electron chi connectivity index (χ0n) is 13.7. The standard InChI is InChI=1S/C16H18F2O7S/c17-16(18,26(21,22)23)15(20)24-10-12-8-4-5-9-13(12)25-14(19)11-6-2-1-3-7-11/h4-5,8-9,11H,1-3,6-7,10H2,(H,21,22,23)/p-1. The molecule has 26 heavy (non-hydrogen) atoms. The molecule has 144 valence electrons. The number of alkyl halides is 2. The summed E-state index contributed by atoms with van der Waals surface area (Å²) in [5.41, 5.74) is 0.0871. The monoisotopic (exact) mass is 391 g/mol. The van der Waals surface area contributed by atoms with Gasteiger partial charge in [0.1, 0.15) is 12.4 Å². The van der Waals surface area contributed by atoms with Crippen molar-refractivity contribution in [2.75, 3.05) is 0 Å². The third-order valence-electron chi connectivity index (χ3n) is 4.03. The number of halogens is 2. The van der Waals surface area contributed by atoms with Crippen LogP contribution in [0.5, 0.6) is 5.75 Å². The zero-order valence-corrected chi connectivity index (χ0v) is 14.5.